The molecule has 0 heterocycles. The van der Waals surface area contributed by atoms with Crippen molar-refractivity contribution < 1.29 is 0 Å². The molecule has 27 heavy (non-hydrogen) atoms. The first-order valence-corrected chi connectivity index (χ1v) is 10.2. The fourth-order valence-corrected chi connectivity index (χ4v) is 3.12. The molecule has 2 aromatic rings. The minimum atomic E-state index is 0.978. The molecule has 0 fully saturated rings. The standard InChI is InChI=1S/C25H34N2/c1-3-26(4-2)22-13-23-27(20-11-18-24-14-7-5-8-15-24)21-12-19-25-16-9-6-10-17-25/h5-12,14-19H,3-4,13,20-23H2,1-2H3/b18-11+,19-12+. The van der Waals surface area contributed by atoms with Crippen molar-refractivity contribution in [1.29, 1.82) is 0 Å². The highest BCUT2D eigenvalue weighted by molar-refractivity contribution is 5.49. The zero-order chi connectivity index (χ0) is 19.2. The van der Waals surface area contributed by atoms with Gasteiger partial charge in [0.05, 0.1) is 0 Å². The van der Waals surface area contributed by atoms with E-state index in [2.05, 4.69) is 109 Å². The highest BCUT2D eigenvalue weighted by atomic mass is 15.1. The lowest BCUT2D eigenvalue weighted by molar-refractivity contribution is 0.262. The van der Waals surface area contributed by atoms with Crippen LogP contribution in [0.5, 0.6) is 0 Å². The number of hydrogen-bond acceptors (Lipinski definition) is 2. The summed E-state index contributed by atoms with van der Waals surface area (Å²) in [4.78, 5) is 5.01. The molecular formula is C25H34N2. The van der Waals surface area contributed by atoms with Gasteiger partial charge in [-0.1, -0.05) is 98.8 Å². The summed E-state index contributed by atoms with van der Waals surface area (Å²) in [6.07, 6.45) is 10.2. The van der Waals surface area contributed by atoms with Crippen LogP contribution in [0.25, 0.3) is 12.2 Å². The lowest BCUT2D eigenvalue weighted by atomic mass is 10.2. The van der Waals surface area contributed by atoms with Crippen LogP contribution in [-0.4, -0.2) is 49.1 Å². The van der Waals surface area contributed by atoms with Crippen LogP contribution in [0, 0.1) is 0 Å². The van der Waals surface area contributed by atoms with Crippen molar-refractivity contribution in [3.05, 3.63) is 83.9 Å². The van der Waals surface area contributed by atoms with Crippen LogP contribution in [0.4, 0.5) is 0 Å². The predicted molar refractivity (Wildman–Crippen MR) is 120 cm³/mol. The second-order valence-electron chi connectivity index (χ2n) is 6.77. The summed E-state index contributed by atoms with van der Waals surface area (Å²) in [6, 6.07) is 21.1. The molecule has 0 aliphatic carbocycles. The van der Waals surface area contributed by atoms with Crippen LogP contribution in [0.15, 0.2) is 72.8 Å². The van der Waals surface area contributed by atoms with Gasteiger partial charge >= 0.3 is 0 Å². The topological polar surface area (TPSA) is 6.48 Å². The van der Waals surface area contributed by atoms with Crippen molar-refractivity contribution in [3.63, 3.8) is 0 Å². The zero-order valence-corrected chi connectivity index (χ0v) is 16.9. The van der Waals surface area contributed by atoms with Gasteiger partial charge in [-0.2, -0.15) is 0 Å². The molecular weight excluding hydrogens is 328 g/mol. The lowest BCUT2D eigenvalue weighted by Gasteiger charge is -2.22. The van der Waals surface area contributed by atoms with Gasteiger partial charge in [0.25, 0.3) is 0 Å². The molecule has 0 radical (unpaired) electrons. The number of benzene rings is 2. The van der Waals surface area contributed by atoms with E-state index in [1.807, 2.05) is 0 Å². The molecule has 0 amide bonds. The highest BCUT2D eigenvalue weighted by Gasteiger charge is 2.03. The second kappa shape index (κ2) is 13.1. The van der Waals surface area contributed by atoms with E-state index in [9.17, 15) is 0 Å². The average Bonchev–Trinajstić information content (AvgIpc) is 2.72. The third kappa shape index (κ3) is 8.85. The van der Waals surface area contributed by atoms with Crippen molar-refractivity contribution in [2.75, 3.05) is 39.3 Å². The Kier molecular flexibility index (Phi) is 10.2. The van der Waals surface area contributed by atoms with E-state index < -0.39 is 0 Å². The molecule has 0 atom stereocenters. The average molecular weight is 363 g/mol. The molecule has 0 aliphatic rings. The van der Waals surface area contributed by atoms with Crippen molar-refractivity contribution in [2.24, 2.45) is 0 Å². The Morgan fingerprint density at radius 3 is 1.52 bits per heavy atom. The third-order valence-electron chi connectivity index (χ3n) is 4.79. The van der Waals surface area contributed by atoms with E-state index in [4.69, 9.17) is 0 Å². The Morgan fingerprint density at radius 2 is 1.07 bits per heavy atom. The van der Waals surface area contributed by atoms with Crippen molar-refractivity contribution >= 4 is 12.2 Å². The largest absolute Gasteiger partial charge is 0.304 e. The molecule has 2 aromatic carbocycles. The molecule has 0 saturated heterocycles. The maximum atomic E-state index is 2.52. The van der Waals surface area contributed by atoms with E-state index in [1.165, 1.54) is 24.1 Å². The maximum Gasteiger partial charge on any atom is 0.0169 e. The van der Waals surface area contributed by atoms with Gasteiger partial charge < -0.3 is 4.90 Å². The highest BCUT2D eigenvalue weighted by Crippen LogP contribution is 2.04. The van der Waals surface area contributed by atoms with Crippen molar-refractivity contribution in [3.8, 4) is 0 Å². The molecule has 0 bridgehead atoms. The van der Waals surface area contributed by atoms with Crippen LogP contribution in [0.3, 0.4) is 0 Å². The fraction of sp³-hybridized carbons (Fsp3) is 0.360. The molecule has 0 N–H and O–H groups in total. The summed E-state index contributed by atoms with van der Waals surface area (Å²) in [7, 11) is 0. The van der Waals surface area contributed by atoms with Crippen LogP contribution in [-0.2, 0) is 0 Å². The molecule has 2 nitrogen and oxygen atoms in total. The molecule has 2 heteroatoms. The van der Waals surface area contributed by atoms with Gasteiger partial charge in [0.2, 0.25) is 0 Å². The van der Waals surface area contributed by atoms with Gasteiger partial charge in [0.1, 0.15) is 0 Å². The zero-order valence-electron chi connectivity index (χ0n) is 16.9. The molecule has 0 saturated carbocycles. The predicted octanol–water partition coefficient (Wildman–Crippen LogP) is 5.45. The van der Waals surface area contributed by atoms with E-state index >= 15 is 0 Å². The fourth-order valence-electron chi connectivity index (χ4n) is 3.12. The van der Waals surface area contributed by atoms with Gasteiger partial charge in [-0.15, -0.1) is 0 Å². The maximum absolute atomic E-state index is 2.52. The van der Waals surface area contributed by atoms with E-state index in [0.717, 1.165) is 32.7 Å². The number of hydrogen-bond donors (Lipinski definition) is 0. The third-order valence-corrected chi connectivity index (χ3v) is 4.79. The monoisotopic (exact) mass is 362 g/mol. The summed E-state index contributed by atoms with van der Waals surface area (Å²) in [5, 5.41) is 0. The minimum absolute atomic E-state index is 0.978. The molecule has 0 spiro atoms. The number of rotatable bonds is 12. The van der Waals surface area contributed by atoms with Crippen LogP contribution in [0.1, 0.15) is 31.4 Å². The summed E-state index contributed by atoms with van der Waals surface area (Å²) >= 11 is 0. The summed E-state index contributed by atoms with van der Waals surface area (Å²) < 4.78 is 0. The summed E-state index contributed by atoms with van der Waals surface area (Å²) in [5.74, 6) is 0. The quantitative estimate of drug-likeness (QED) is 0.495. The first-order valence-electron chi connectivity index (χ1n) is 10.2. The lowest BCUT2D eigenvalue weighted by Crippen LogP contribution is -2.30. The van der Waals surface area contributed by atoms with Crippen molar-refractivity contribution in [2.45, 2.75) is 20.3 Å². The Hall–Kier alpha value is -2.16. The Balaban J connectivity index is 1.88. The number of nitrogens with zero attached hydrogens (tertiary/aromatic N) is 2. The van der Waals surface area contributed by atoms with E-state index in [-0.39, 0.29) is 0 Å². The smallest absolute Gasteiger partial charge is 0.0169 e. The molecule has 0 unspecified atom stereocenters. The molecule has 0 aromatic heterocycles. The van der Waals surface area contributed by atoms with Gasteiger partial charge in [0, 0.05) is 19.6 Å². The van der Waals surface area contributed by atoms with Crippen LogP contribution in [0.2, 0.25) is 0 Å². The molecule has 144 valence electrons. The van der Waals surface area contributed by atoms with E-state index in [1.54, 1.807) is 0 Å². The van der Waals surface area contributed by atoms with Gasteiger partial charge in [-0.25, -0.2) is 0 Å². The Morgan fingerprint density at radius 1 is 0.630 bits per heavy atom. The van der Waals surface area contributed by atoms with E-state index in [0.29, 0.717) is 0 Å². The van der Waals surface area contributed by atoms with Gasteiger partial charge in [0.15, 0.2) is 0 Å². The molecule has 0 aliphatic heterocycles. The molecule has 2 rings (SSSR count). The summed E-state index contributed by atoms with van der Waals surface area (Å²) in [5.41, 5.74) is 2.53. The first-order chi connectivity index (χ1) is 13.3. The van der Waals surface area contributed by atoms with Crippen LogP contribution < -0.4 is 0 Å². The second-order valence-corrected chi connectivity index (χ2v) is 6.77. The minimum Gasteiger partial charge on any atom is -0.304 e. The Labute approximate surface area is 165 Å². The van der Waals surface area contributed by atoms with Gasteiger partial charge in [-0.05, 0) is 37.2 Å². The Bertz CT molecular complexity index is 606. The summed E-state index contributed by atoms with van der Waals surface area (Å²) in [6.45, 7) is 11.0. The SMILES string of the molecule is CCN(CC)CCCN(C/C=C/c1ccccc1)C/C=C/c1ccccc1. The first kappa shape index (κ1) is 21.1. The van der Waals surface area contributed by atoms with Crippen LogP contribution >= 0.6 is 0 Å². The normalized spacial score (nSPS) is 12.0. The van der Waals surface area contributed by atoms with Gasteiger partial charge in [-0.3, -0.25) is 4.90 Å². The van der Waals surface area contributed by atoms with Crippen molar-refractivity contribution in [1.82, 2.24) is 9.80 Å².